The van der Waals surface area contributed by atoms with Gasteiger partial charge in [0.05, 0.1) is 15.6 Å². The van der Waals surface area contributed by atoms with E-state index in [1.165, 1.54) is 12.1 Å². The maximum absolute atomic E-state index is 13.6. The quantitative estimate of drug-likeness (QED) is 0.599. The van der Waals surface area contributed by atoms with Crippen LogP contribution in [0, 0.1) is 5.82 Å². The van der Waals surface area contributed by atoms with Gasteiger partial charge in [-0.2, -0.15) is 0 Å². The van der Waals surface area contributed by atoms with Gasteiger partial charge in [0.15, 0.2) is 0 Å². The van der Waals surface area contributed by atoms with Crippen molar-refractivity contribution in [3.63, 3.8) is 0 Å². The Bertz CT molecular complexity index is 745. The fraction of sp³-hybridized carbons (Fsp3) is 0. The SMILES string of the molecule is Nc1cc(S(=O)(=O)Nc2c(F)cccc2Cl)ccc1O. The van der Waals surface area contributed by atoms with E-state index in [4.69, 9.17) is 17.3 Å². The van der Waals surface area contributed by atoms with E-state index in [-0.39, 0.29) is 27.0 Å². The van der Waals surface area contributed by atoms with Crippen LogP contribution in [0.5, 0.6) is 5.75 Å². The van der Waals surface area contributed by atoms with Gasteiger partial charge in [-0.05, 0) is 30.3 Å². The maximum Gasteiger partial charge on any atom is 0.262 e. The van der Waals surface area contributed by atoms with Crippen LogP contribution >= 0.6 is 11.6 Å². The van der Waals surface area contributed by atoms with E-state index in [9.17, 15) is 17.9 Å². The first-order valence-corrected chi connectivity index (χ1v) is 7.23. The van der Waals surface area contributed by atoms with Gasteiger partial charge in [-0.15, -0.1) is 0 Å². The summed E-state index contributed by atoms with van der Waals surface area (Å²) in [5, 5.41) is 9.20. The molecule has 0 atom stereocenters. The second-order valence-electron chi connectivity index (χ2n) is 3.92. The molecule has 0 amide bonds. The van der Waals surface area contributed by atoms with Crippen molar-refractivity contribution in [3.8, 4) is 5.75 Å². The Morgan fingerprint density at radius 3 is 2.55 bits per heavy atom. The van der Waals surface area contributed by atoms with Crippen LogP contribution in [-0.4, -0.2) is 13.5 Å². The van der Waals surface area contributed by atoms with E-state index < -0.39 is 15.8 Å². The third kappa shape index (κ3) is 2.78. The lowest BCUT2D eigenvalue weighted by Gasteiger charge is -2.11. The number of nitrogen functional groups attached to an aromatic ring is 1. The molecule has 0 aliphatic rings. The van der Waals surface area contributed by atoms with Crippen molar-refractivity contribution in [2.24, 2.45) is 0 Å². The highest BCUT2D eigenvalue weighted by atomic mass is 35.5. The molecule has 2 aromatic carbocycles. The van der Waals surface area contributed by atoms with E-state index in [1.807, 2.05) is 4.72 Å². The summed E-state index contributed by atoms with van der Waals surface area (Å²) in [5.74, 6) is -1.04. The van der Waals surface area contributed by atoms with Gasteiger partial charge in [0, 0.05) is 0 Å². The molecular weight excluding hydrogens is 307 g/mol. The monoisotopic (exact) mass is 316 g/mol. The molecule has 2 rings (SSSR count). The predicted molar refractivity (Wildman–Crippen MR) is 74.7 cm³/mol. The zero-order valence-electron chi connectivity index (χ0n) is 9.97. The number of hydrogen-bond acceptors (Lipinski definition) is 4. The maximum atomic E-state index is 13.6. The second-order valence-corrected chi connectivity index (χ2v) is 6.01. The molecule has 0 unspecified atom stereocenters. The number of nitrogens with two attached hydrogens (primary N) is 1. The number of phenols is 1. The zero-order chi connectivity index (χ0) is 14.9. The van der Waals surface area contributed by atoms with Crippen molar-refractivity contribution >= 4 is 33.0 Å². The van der Waals surface area contributed by atoms with Crippen molar-refractivity contribution in [2.45, 2.75) is 4.90 Å². The minimum atomic E-state index is -4.06. The summed E-state index contributed by atoms with van der Waals surface area (Å²) in [6.45, 7) is 0. The minimum Gasteiger partial charge on any atom is -0.506 e. The molecule has 106 valence electrons. The summed E-state index contributed by atoms with van der Waals surface area (Å²) >= 11 is 5.75. The molecule has 0 bridgehead atoms. The average Bonchev–Trinajstić information content (AvgIpc) is 2.37. The summed E-state index contributed by atoms with van der Waals surface area (Å²) in [6.07, 6.45) is 0. The predicted octanol–water partition coefficient (Wildman–Crippen LogP) is 2.57. The molecular formula is C12H10ClFN2O3S. The normalized spacial score (nSPS) is 11.3. The van der Waals surface area contributed by atoms with Gasteiger partial charge in [0.1, 0.15) is 17.3 Å². The molecule has 5 nitrogen and oxygen atoms in total. The van der Waals surface area contributed by atoms with E-state index in [2.05, 4.69) is 0 Å². The summed E-state index contributed by atoms with van der Waals surface area (Å²) < 4.78 is 39.8. The first-order chi connectivity index (χ1) is 9.31. The van der Waals surface area contributed by atoms with Crippen LogP contribution in [0.3, 0.4) is 0 Å². The highest BCUT2D eigenvalue weighted by molar-refractivity contribution is 7.92. The number of hydrogen-bond donors (Lipinski definition) is 3. The van der Waals surface area contributed by atoms with Crippen molar-refractivity contribution < 1.29 is 17.9 Å². The molecule has 0 heterocycles. The first-order valence-electron chi connectivity index (χ1n) is 5.36. The van der Waals surface area contributed by atoms with E-state index in [0.717, 1.165) is 24.3 Å². The lowest BCUT2D eigenvalue weighted by molar-refractivity contribution is 0.477. The Morgan fingerprint density at radius 2 is 1.95 bits per heavy atom. The van der Waals surface area contributed by atoms with E-state index in [0.29, 0.717) is 0 Å². The Morgan fingerprint density at radius 1 is 1.25 bits per heavy atom. The number of halogens is 2. The van der Waals surface area contributed by atoms with Crippen molar-refractivity contribution in [1.82, 2.24) is 0 Å². The highest BCUT2D eigenvalue weighted by Gasteiger charge is 2.19. The fourth-order valence-corrected chi connectivity index (χ4v) is 2.88. The Kier molecular flexibility index (Phi) is 3.74. The van der Waals surface area contributed by atoms with Crippen molar-refractivity contribution in [2.75, 3.05) is 10.5 Å². The van der Waals surface area contributed by atoms with Crippen molar-refractivity contribution in [1.29, 1.82) is 0 Å². The van der Waals surface area contributed by atoms with Gasteiger partial charge in [-0.25, -0.2) is 12.8 Å². The van der Waals surface area contributed by atoms with Crippen LogP contribution in [0.25, 0.3) is 0 Å². The van der Waals surface area contributed by atoms with Crippen LogP contribution in [-0.2, 0) is 10.0 Å². The largest absolute Gasteiger partial charge is 0.506 e. The van der Waals surface area contributed by atoms with Gasteiger partial charge in [-0.1, -0.05) is 17.7 Å². The van der Waals surface area contributed by atoms with Crippen LogP contribution in [0.2, 0.25) is 5.02 Å². The number of phenolic OH excluding ortho intramolecular Hbond substituents is 1. The number of aromatic hydroxyl groups is 1. The van der Waals surface area contributed by atoms with Gasteiger partial charge in [0.2, 0.25) is 0 Å². The molecule has 0 saturated heterocycles. The minimum absolute atomic E-state index is 0.0691. The van der Waals surface area contributed by atoms with Gasteiger partial charge >= 0.3 is 0 Å². The molecule has 2 aromatic rings. The molecule has 8 heteroatoms. The molecule has 0 saturated carbocycles. The third-order valence-corrected chi connectivity index (χ3v) is 4.17. The lowest BCUT2D eigenvalue weighted by Crippen LogP contribution is -2.14. The highest BCUT2D eigenvalue weighted by Crippen LogP contribution is 2.29. The summed E-state index contributed by atoms with van der Waals surface area (Å²) in [4.78, 5) is -0.216. The summed E-state index contributed by atoms with van der Waals surface area (Å²) in [5.41, 5.74) is 4.98. The number of rotatable bonds is 3. The molecule has 0 aromatic heterocycles. The molecule has 4 N–H and O–H groups in total. The van der Waals surface area contributed by atoms with E-state index in [1.54, 1.807) is 0 Å². The number of sulfonamides is 1. The smallest absolute Gasteiger partial charge is 0.262 e. The molecule has 0 radical (unpaired) electrons. The molecule has 0 aliphatic heterocycles. The Labute approximate surface area is 119 Å². The molecule has 20 heavy (non-hydrogen) atoms. The number of benzene rings is 2. The molecule has 0 aliphatic carbocycles. The third-order valence-electron chi connectivity index (χ3n) is 2.51. The van der Waals surface area contributed by atoms with Gasteiger partial charge in [-0.3, -0.25) is 4.72 Å². The van der Waals surface area contributed by atoms with Crippen LogP contribution in [0.4, 0.5) is 15.8 Å². The van der Waals surface area contributed by atoms with Gasteiger partial charge < -0.3 is 10.8 Å². The van der Waals surface area contributed by atoms with E-state index >= 15 is 0 Å². The summed E-state index contributed by atoms with van der Waals surface area (Å²) in [7, 11) is -4.06. The summed E-state index contributed by atoms with van der Waals surface area (Å²) in [6, 6.07) is 7.12. The molecule has 0 spiro atoms. The number of nitrogens with one attached hydrogen (secondary N) is 1. The Balaban J connectivity index is 2.43. The fourth-order valence-electron chi connectivity index (χ4n) is 1.49. The van der Waals surface area contributed by atoms with Gasteiger partial charge in [0.25, 0.3) is 10.0 Å². The zero-order valence-corrected chi connectivity index (χ0v) is 11.5. The second kappa shape index (κ2) is 5.18. The van der Waals surface area contributed by atoms with Crippen LogP contribution in [0.1, 0.15) is 0 Å². The average molecular weight is 317 g/mol. The standard InChI is InChI=1S/C12H10ClFN2O3S/c13-8-2-1-3-9(14)12(8)16-20(18,19)7-4-5-11(17)10(15)6-7/h1-6,16-17H,15H2. The number of anilines is 2. The Hall–Kier alpha value is -1.99. The lowest BCUT2D eigenvalue weighted by atomic mass is 10.3. The first kappa shape index (κ1) is 14.4. The molecule has 0 fully saturated rings. The topological polar surface area (TPSA) is 92.4 Å². The van der Waals surface area contributed by atoms with Crippen LogP contribution < -0.4 is 10.5 Å². The number of para-hydroxylation sites is 1. The van der Waals surface area contributed by atoms with Crippen molar-refractivity contribution in [3.05, 3.63) is 47.2 Å². The van der Waals surface area contributed by atoms with Crippen LogP contribution in [0.15, 0.2) is 41.3 Å².